The Bertz CT molecular complexity index is 653. The molecule has 1 aromatic carbocycles. The van der Waals surface area contributed by atoms with Crippen molar-refractivity contribution in [3.63, 3.8) is 0 Å². The Hall–Kier alpha value is -1.42. The summed E-state index contributed by atoms with van der Waals surface area (Å²) >= 11 is 1.57. The monoisotopic (exact) mass is 246 g/mol. The Balaban J connectivity index is 2.08. The van der Waals surface area contributed by atoms with Crippen LogP contribution in [0.25, 0.3) is 10.2 Å². The molecule has 17 heavy (non-hydrogen) atoms. The van der Waals surface area contributed by atoms with Gasteiger partial charge in [-0.2, -0.15) is 4.99 Å². The van der Waals surface area contributed by atoms with E-state index in [-0.39, 0.29) is 11.8 Å². The average Bonchev–Trinajstić information content (AvgIpc) is 2.97. The molecule has 1 heterocycles. The topological polar surface area (TPSA) is 34.4 Å². The first-order chi connectivity index (χ1) is 8.16. The van der Waals surface area contributed by atoms with E-state index in [1.807, 2.05) is 23.7 Å². The van der Waals surface area contributed by atoms with Crippen molar-refractivity contribution in [2.24, 2.45) is 23.9 Å². The molecular formula is C13H14N2OS. The van der Waals surface area contributed by atoms with E-state index < -0.39 is 0 Å². The molecule has 2 aromatic rings. The number of thiazole rings is 1. The number of amides is 1. The van der Waals surface area contributed by atoms with Gasteiger partial charge in [0.1, 0.15) is 0 Å². The summed E-state index contributed by atoms with van der Waals surface area (Å²) in [6.07, 6.45) is 0.997. The molecule has 4 heteroatoms. The summed E-state index contributed by atoms with van der Waals surface area (Å²) in [7, 11) is 1.96. The fourth-order valence-corrected chi connectivity index (χ4v) is 3.06. The van der Waals surface area contributed by atoms with Crippen LogP contribution in [-0.4, -0.2) is 10.5 Å². The number of aryl methyl sites for hydroxylation is 1. The lowest BCUT2D eigenvalue weighted by molar-refractivity contribution is -0.119. The third-order valence-electron chi connectivity index (χ3n) is 3.35. The van der Waals surface area contributed by atoms with E-state index in [9.17, 15) is 4.79 Å². The predicted octanol–water partition coefficient (Wildman–Crippen LogP) is 2.32. The van der Waals surface area contributed by atoms with Crippen LogP contribution in [0, 0.1) is 11.8 Å². The van der Waals surface area contributed by atoms with Crippen LogP contribution in [0.1, 0.15) is 13.3 Å². The zero-order chi connectivity index (χ0) is 12.0. The molecule has 1 fully saturated rings. The second kappa shape index (κ2) is 3.81. The number of benzene rings is 1. The van der Waals surface area contributed by atoms with Crippen molar-refractivity contribution in [3.05, 3.63) is 29.1 Å². The largest absolute Gasteiger partial charge is 0.319 e. The Morgan fingerprint density at radius 3 is 2.82 bits per heavy atom. The molecule has 0 bridgehead atoms. The highest BCUT2D eigenvalue weighted by Gasteiger charge is 2.39. The first-order valence-electron chi connectivity index (χ1n) is 5.80. The number of hydrogen-bond acceptors (Lipinski definition) is 2. The quantitative estimate of drug-likeness (QED) is 0.760. The van der Waals surface area contributed by atoms with Crippen molar-refractivity contribution >= 4 is 27.5 Å². The number of rotatable bonds is 1. The molecule has 0 spiro atoms. The first-order valence-corrected chi connectivity index (χ1v) is 6.61. The van der Waals surface area contributed by atoms with Crippen LogP contribution in [0.4, 0.5) is 0 Å². The lowest BCUT2D eigenvalue weighted by Gasteiger charge is -1.93. The Kier molecular flexibility index (Phi) is 2.40. The van der Waals surface area contributed by atoms with Gasteiger partial charge >= 0.3 is 0 Å². The van der Waals surface area contributed by atoms with Gasteiger partial charge in [0, 0.05) is 13.0 Å². The summed E-state index contributed by atoms with van der Waals surface area (Å²) < 4.78 is 3.16. The fraction of sp³-hybridized carbons (Fsp3) is 0.385. The van der Waals surface area contributed by atoms with Crippen molar-refractivity contribution in [3.8, 4) is 0 Å². The van der Waals surface area contributed by atoms with E-state index in [2.05, 4.69) is 24.0 Å². The van der Waals surface area contributed by atoms with Gasteiger partial charge in [-0.1, -0.05) is 30.4 Å². The molecule has 1 saturated carbocycles. The van der Waals surface area contributed by atoms with E-state index in [4.69, 9.17) is 0 Å². The van der Waals surface area contributed by atoms with Gasteiger partial charge in [-0.15, -0.1) is 0 Å². The van der Waals surface area contributed by atoms with Crippen LogP contribution < -0.4 is 4.80 Å². The van der Waals surface area contributed by atoms with Crippen LogP contribution in [0.5, 0.6) is 0 Å². The van der Waals surface area contributed by atoms with Crippen molar-refractivity contribution in [2.45, 2.75) is 13.3 Å². The molecule has 0 aliphatic heterocycles. The van der Waals surface area contributed by atoms with Gasteiger partial charge in [0.2, 0.25) is 0 Å². The molecule has 1 aliphatic rings. The van der Waals surface area contributed by atoms with Crippen LogP contribution in [0.15, 0.2) is 29.3 Å². The van der Waals surface area contributed by atoms with Gasteiger partial charge in [-0.05, 0) is 24.5 Å². The summed E-state index contributed by atoms with van der Waals surface area (Å²) in [5.74, 6) is 0.728. The Morgan fingerprint density at radius 1 is 1.47 bits per heavy atom. The van der Waals surface area contributed by atoms with Gasteiger partial charge in [-0.25, -0.2) is 0 Å². The average molecular weight is 246 g/mol. The van der Waals surface area contributed by atoms with Gasteiger partial charge in [0.05, 0.1) is 10.2 Å². The van der Waals surface area contributed by atoms with Gasteiger partial charge in [0.25, 0.3) is 5.91 Å². The molecule has 3 nitrogen and oxygen atoms in total. The lowest BCUT2D eigenvalue weighted by Crippen LogP contribution is -2.14. The molecule has 0 unspecified atom stereocenters. The normalized spacial score (nSPS) is 24.2. The van der Waals surface area contributed by atoms with E-state index in [1.54, 1.807) is 11.3 Å². The maximum atomic E-state index is 11.8. The minimum Gasteiger partial charge on any atom is -0.319 e. The second-order valence-corrected chi connectivity index (χ2v) is 5.69. The number of fused-ring (bicyclic) bond motifs is 1. The number of aromatic nitrogens is 1. The zero-order valence-corrected chi connectivity index (χ0v) is 10.7. The van der Waals surface area contributed by atoms with Gasteiger partial charge in [0.15, 0.2) is 4.80 Å². The number of nitrogens with zero attached hydrogens (tertiary/aromatic N) is 2. The highest BCUT2D eigenvalue weighted by molar-refractivity contribution is 7.16. The molecule has 0 N–H and O–H groups in total. The van der Waals surface area contributed by atoms with Crippen molar-refractivity contribution in [2.75, 3.05) is 0 Å². The van der Waals surface area contributed by atoms with Crippen molar-refractivity contribution in [1.82, 2.24) is 4.57 Å². The lowest BCUT2D eigenvalue weighted by atomic mass is 10.3. The summed E-state index contributed by atoms with van der Waals surface area (Å²) in [5.41, 5.74) is 1.13. The fourth-order valence-electron chi connectivity index (χ4n) is 2.03. The standard InChI is InChI=1S/C13H14N2OS/c1-8-7-9(8)12(16)14-13-15(2)10-5-3-4-6-11(10)17-13/h3-6,8-9H,7H2,1-2H3/t8-,9+/m1/s1. The van der Waals surface area contributed by atoms with E-state index >= 15 is 0 Å². The molecule has 0 radical (unpaired) electrons. The van der Waals surface area contributed by atoms with Crippen LogP contribution in [-0.2, 0) is 11.8 Å². The van der Waals surface area contributed by atoms with E-state index in [1.165, 1.54) is 4.70 Å². The summed E-state index contributed by atoms with van der Waals surface area (Å²) in [6, 6.07) is 8.12. The summed E-state index contributed by atoms with van der Waals surface area (Å²) in [4.78, 5) is 16.9. The van der Waals surface area contributed by atoms with E-state index in [0.29, 0.717) is 5.92 Å². The molecule has 88 valence electrons. The highest BCUT2D eigenvalue weighted by Crippen LogP contribution is 2.38. The SMILES string of the molecule is C[C@@H]1C[C@@H]1C(=O)N=c1sc2ccccc2n1C. The number of carbonyl (C=O) groups excluding carboxylic acids is 1. The number of carbonyl (C=O) groups is 1. The summed E-state index contributed by atoms with van der Waals surface area (Å²) in [6.45, 7) is 2.10. The molecule has 1 aromatic heterocycles. The van der Waals surface area contributed by atoms with Gasteiger partial charge < -0.3 is 4.57 Å². The number of para-hydroxylation sites is 1. The third-order valence-corrected chi connectivity index (χ3v) is 4.46. The van der Waals surface area contributed by atoms with Crippen LogP contribution in [0.3, 0.4) is 0 Å². The zero-order valence-electron chi connectivity index (χ0n) is 9.88. The summed E-state index contributed by atoms with van der Waals surface area (Å²) in [5, 5.41) is 0. The smallest absolute Gasteiger partial charge is 0.251 e. The van der Waals surface area contributed by atoms with Crippen LogP contribution >= 0.6 is 11.3 Å². The van der Waals surface area contributed by atoms with Gasteiger partial charge in [-0.3, -0.25) is 4.79 Å². The Labute approximate surface area is 103 Å². The first kappa shape index (κ1) is 10.7. The second-order valence-electron chi connectivity index (χ2n) is 4.68. The molecule has 2 atom stereocenters. The molecule has 3 rings (SSSR count). The maximum Gasteiger partial charge on any atom is 0.251 e. The number of hydrogen-bond donors (Lipinski definition) is 0. The highest BCUT2D eigenvalue weighted by atomic mass is 32.1. The van der Waals surface area contributed by atoms with Crippen molar-refractivity contribution < 1.29 is 4.79 Å². The predicted molar refractivity (Wildman–Crippen MR) is 68.6 cm³/mol. The molecule has 1 aliphatic carbocycles. The Morgan fingerprint density at radius 2 is 2.18 bits per heavy atom. The minimum absolute atomic E-state index is 0.0413. The van der Waals surface area contributed by atoms with Crippen molar-refractivity contribution in [1.29, 1.82) is 0 Å². The van der Waals surface area contributed by atoms with Crippen LogP contribution in [0.2, 0.25) is 0 Å². The maximum absolute atomic E-state index is 11.8. The molecule has 1 amide bonds. The van der Waals surface area contributed by atoms with E-state index in [0.717, 1.165) is 16.7 Å². The molecule has 0 saturated heterocycles. The minimum atomic E-state index is 0.0413. The molecular weight excluding hydrogens is 232 g/mol. The third kappa shape index (κ3) is 1.82.